The Bertz CT molecular complexity index is 517. The van der Waals surface area contributed by atoms with Crippen LogP contribution < -0.4 is 0 Å². The van der Waals surface area contributed by atoms with Crippen molar-refractivity contribution >= 4 is 37.3 Å². The maximum Gasteiger partial charge on any atom is 0.253 e. The minimum atomic E-state index is -3.45. The number of hydrogen-bond acceptors (Lipinski definition) is 4. The smallest absolute Gasteiger partial charge is 0.253 e. The second-order valence-corrected chi connectivity index (χ2v) is 8.49. The van der Waals surface area contributed by atoms with E-state index in [1.54, 1.807) is 11.4 Å². The number of rotatable bonds is 3. The van der Waals surface area contributed by atoms with Gasteiger partial charge in [-0.2, -0.15) is 4.31 Å². The van der Waals surface area contributed by atoms with Gasteiger partial charge < -0.3 is 5.11 Å². The van der Waals surface area contributed by atoms with Crippen LogP contribution in [0.4, 0.5) is 0 Å². The molecule has 4 nitrogen and oxygen atoms in total. The summed E-state index contributed by atoms with van der Waals surface area (Å²) in [5.41, 5.74) is -0.878. The van der Waals surface area contributed by atoms with E-state index in [9.17, 15) is 13.5 Å². The van der Waals surface area contributed by atoms with Crippen molar-refractivity contribution in [3.05, 3.63) is 15.9 Å². The summed E-state index contributed by atoms with van der Waals surface area (Å²) in [4.78, 5) is 0. The number of sulfonamides is 1. The van der Waals surface area contributed by atoms with Crippen molar-refractivity contribution in [1.82, 2.24) is 4.31 Å². The summed E-state index contributed by atoms with van der Waals surface area (Å²) in [7, 11) is -3.45. The molecule has 1 N–H and O–H groups in total. The Morgan fingerprint density at radius 1 is 1.53 bits per heavy atom. The van der Waals surface area contributed by atoms with Crippen molar-refractivity contribution in [2.24, 2.45) is 5.92 Å². The lowest BCUT2D eigenvalue weighted by atomic mass is 9.85. The molecule has 1 aromatic heterocycles. The van der Waals surface area contributed by atoms with E-state index in [0.29, 0.717) is 8.68 Å². The predicted molar refractivity (Wildman–Crippen MR) is 70.6 cm³/mol. The van der Waals surface area contributed by atoms with Crippen molar-refractivity contribution in [3.63, 3.8) is 0 Å². The number of β-amino-alcohol motifs (C(OH)–C–C–N with tert-alkyl or cyclic N) is 1. The molecule has 0 amide bonds. The molecule has 2 rings (SSSR count). The summed E-state index contributed by atoms with van der Waals surface area (Å²) in [5.74, 6) is 0.0562. The number of hydrogen-bond donors (Lipinski definition) is 1. The van der Waals surface area contributed by atoms with E-state index < -0.39 is 15.6 Å². The molecule has 17 heavy (non-hydrogen) atoms. The molecule has 0 saturated carbocycles. The molecule has 96 valence electrons. The minimum absolute atomic E-state index is 0.0562. The Morgan fingerprint density at radius 3 is 2.53 bits per heavy atom. The quantitative estimate of drug-likeness (QED) is 0.914. The number of thiophene rings is 1. The van der Waals surface area contributed by atoms with E-state index in [-0.39, 0.29) is 19.0 Å². The molecule has 7 heteroatoms. The highest BCUT2D eigenvalue weighted by molar-refractivity contribution is 9.10. The monoisotopic (exact) mass is 339 g/mol. The third kappa shape index (κ3) is 2.19. The maximum absolute atomic E-state index is 12.2. The molecule has 1 fully saturated rings. The van der Waals surface area contributed by atoms with Crippen LogP contribution in [0.25, 0.3) is 0 Å². The molecule has 0 aromatic carbocycles. The molecular formula is C10H14BrNO3S2. The van der Waals surface area contributed by atoms with Gasteiger partial charge in [-0.15, -0.1) is 11.3 Å². The zero-order valence-electron chi connectivity index (χ0n) is 9.55. The molecule has 1 aliphatic heterocycles. The van der Waals surface area contributed by atoms with Crippen LogP contribution in [-0.2, 0) is 10.0 Å². The van der Waals surface area contributed by atoms with E-state index in [1.807, 2.05) is 13.8 Å². The molecule has 0 bridgehead atoms. The lowest BCUT2D eigenvalue weighted by Gasteiger charge is -2.47. The highest BCUT2D eigenvalue weighted by Gasteiger charge is 2.49. The average molecular weight is 340 g/mol. The van der Waals surface area contributed by atoms with Crippen molar-refractivity contribution in [3.8, 4) is 0 Å². The predicted octanol–water partition coefficient (Wildman–Crippen LogP) is 1.90. The fraction of sp³-hybridized carbons (Fsp3) is 0.600. The van der Waals surface area contributed by atoms with Crippen molar-refractivity contribution < 1.29 is 13.5 Å². The van der Waals surface area contributed by atoms with Crippen molar-refractivity contribution in [2.75, 3.05) is 13.1 Å². The van der Waals surface area contributed by atoms with Crippen LogP contribution >= 0.6 is 27.3 Å². The van der Waals surface area contributed by atoms with E-state index >= 15 is 0 Å². The first-order chi connectivity index (χ1) is 7.77. The zero-order valence-corrected chi connectivity index (χ0v) is 12.8. The summed E-state index contributed by atoms with van der Waals surface area (Å²) in [6.07, 6.45) is 0. The minimum Gasteiger partial charge on any atom is -0.387 e. The third-order valence-corrected chi connectivity index (χ3v) is 7.57. The van der Waals surface area contributed by atoms with Gasteiger partial charge in [0.15, 0.2) is 0 Å². The number of nitrogens with zero attached hydrogens (tertiary/aromatic N) is 1. The molecule has 0 atom stereocenters. The van der Waals surface area contributed by atoms with E-state index in [1.165, 1.54) is 15.6 Å². The SMILES string of the molecule is CC(C)C1(O)CN(S(=O)(=O)c2sccc2Br)C1. The van der Waals surface area contributed by atoms with Crippen molar-refractivity contribution in [1.29, 1.82) is 0 Å². The van der Waals surface area contributed by atoms with Crippen LogP contribution in [-0.4, -0.2) is 36.5 Å². The van der Waals surface area contributed by atoms with Crippen LogP contribution in [0.5, 0.6) is 0 Å². The molecule has 2 heterocycles. The average Bonchev–Trinajstić information content (AvgIpc) is 2.59. The van der Waals surface area contributed by atoms with Crippen LogP contribution in [0.15, 0.2) is 20.1 Å². The lowest BCUT2D eigenvalue weighted by molar-refractivity contribution is -0.0932. The molecule has 0 radical (unpaired) electrons. The maximum atomic E-state index is 12.2. The highest BCUT2D eigenvalue weighted by atomic mass is 79.9. The Morgan fingerprint density at radius 2 is 2.12 bits per heavy atom. The first-order valence-electron chi connectivity index (χ1n) is 5.23. The normalized spacial score (nSPS) is 20.5. The van der Waals surface area contributed by atoms with Gasteiger partial charge in [-0.25, -0.2) is 8.42 Å². The summed E-state index contributed by atoms with van der Waals surface area (Å²) in [6.45, 7) is 4.14. The summed E-state index contributed by atoms with van der Waals surface area (Å²) in [5, 5.41) is 11.8. The Balaban J connectivity index is 2.20. The second kappa shape index (κ2) is 4.31. The molecule has 0 unspecified atom stereocenters. The highest BCUT2D eigenvalue weighted by Crippen LogP contribution is 2.37. The van der Waals surface area contributed by atoms with Gasteiger partial charge in [-0.3, -0.25) is 0 Å². The largest absolute Gasteiger partial charge is 0.387 e. The first-order valence-corrected chi connectivity index (χ1v) is 8.34. The Labute approximate surface area is 113 Å². The summed E-state index contributed by atoms with van der Waals surface area (Å²) >= 11 is 4.41. The standard InChI is InChI=1S/C10H14BrNO3S2/c1-7(2)10(13)5-12(6-10)17(14,15)9-8(11)3-4-16-9/h3-4,7,13H,5-6H2,1-2H3. The molecule has 1 saturated heterocycles. The molecule has 0 aliphatic carbocycles. The van der Waals surface area contributed by atoms with Gasteiger partial charge in [-0.1, -0.05) is 13.8 Å². The van der Waals surface area contributed by atoms with Crippen molar-refractivity contribution in [2.45, 2.75) is 23.7 Å². The zero-order chi connectivity index (χ0) is 12.8. The summed E-state index contributed by atoms with van der Waals surface area (Å²) in [6, 6.07) is 1.71. The second-order valence-electron chi connectivity index (χ2n) is 4.59. The van der Waals surface area contributed by atoms with Gasteiger partial charge in [0.05, 0.1) is 5.60 Å². The Hall–Kier alpha value is 0.0500. The third-order valence-electron chi connectivity index (χ3n) is 3.13. The van der Waals surface area contributed by atoms with E-state index in [0.717, 1.165) is 0 Å². The van der Waals surface area contributed by atoms with Gasteiger partial charge >= 0.3 is 0 Å². The van der Waals surface area contributed by atoms with Gasteiger partial charge in [0, 0.05) is 17.6 Å². The molecular weight excluding hydrogens is 326 g/mol. The van der Waals surface area contributed by atoms with Gasteiger partial charge in [0.1, 0.15) is 4.21 Å². The lowest BCUT2D eigenvalue weighted by Crippen LogP contribution is -2.65. The first kappa shape index (κ1) is 13.5. The fourth-order valence-corrected chi connectivity index (χ4v) is 5.70. The van der Waals surface area contributed by atoms with Gasteiger partial charge in [0.2, 0.25) is 0 Å². The topological polar surface area (TPSA) is 57.6 Å². The van der Waals surface area contributed by atoms with Crippen LogP contribution in [0.3, 0.4) is 0 Å². The van der Waals surface area contributed by atoms with Gasteiger partial charge in [0.25, 0.3) is 10.0 Å². The van der Waals surface area contributed by atoms with Crippen LogP contribution in [0.2, 0.25) is 0 Å². The summed E-state index contributed by atoms with van der Waals surface area (Å²) < 4.78 is 26.6. The Kier molecular flexibility index (Phi) is 3.42. The fourth-order valence-electron chi connectivity index (χ4n) is 1.68. The van der Waals surface area contributed by atoms with Crippen LogP contribution in [0.1, 0.15) is 13.8 Å². The van der Waals surface area contributed by atoms with Crippen LogP contribution in [0, 0.1) is 5.92 Å². The van der Waals surface area contributed by atoms with E-state index in [2.05, 4.69) is 15.9 Å². The molecule has 0 spiro atoms. The van der Waals surface area contributed by atoms with Gasteiger partial charge in [-0.05, 0) is 33.3 Å². The van der Waals surface area contributed by atoms with E-state index in [4.69, 9.17) is 0 Å². The number of aliphatic hydroxyl groups is 1. The molecule has 1 aromatic rings. The molecule has 1 aliphatic rings. The number of halogens is 1.